The van der Waals surface area contributed by atoms with Gasteiger partial charge in [0.25, 0.3) is 5.91 Å². The van der Waals surface area contributed by atoms with Crippen LogP contribution in [-0.2, 0) is 4.79 Å². The largest absolute Gasteiger partial charge is 0.374 e. The Labute approximate surface area is 93.8 Å². The highest BCUT2D eigenvalue weighted by Gasteiger charge is 2.14. The summed E-state index contributed by atoms with van der Waals surface area (Å²) in [4.78, 5) is 11.3. The zero-order chi connectivity index (χ0) is 11.3. The summed E-state index contributed by atoms with van der Waals surface area (Å²) in [6.07, 6.45) is 0.648. The second-order valence-corrected chi connectivity index (χ2v) is 3.56. The van der Waals surface area contributed by atoms with Crippen LogP contribution in [0.15, 0.2) is 24.3 Å². The van der Waals surface area contributed by atoms with Gasteiger partial charge in [-0.1, -0.05) is 24.6 Å². The van der Waals surface area contributed by atoms with E-state index < -0.39 is 0 Å². The van der Waals surface area contributed by atoms with Gasteiger partial charge in [-0.2, -0.15) is 0 Å². The van der Waals surface area contributed by atoms with Gasteiger partial charge in [-0.25, -0.2) is 5.84 Å². The number of rotatable bonds is 4. The van der Waals surface area contributed by atoms with Gasteiger partial charge in [0.1, 0.15) is 6.04 Å². The first kappa shape index (κ1) is 11.8. The molecule has 15 heavy (non-hydrogen) atoms. The number of nitrogens with one attached hydrogen (secondary N) is 2. The predicted molar refractivity (Wildman–Crippen MR) is 61.5 cm³/mol. The Morgan fingerprint density at radius 1 is 1.60 bits per heavy atom. The van der Waals surface area contributed by atoms with Gasteiger partial charge in [0.05, 0.1) is 0 Å². The highest BCUT2D eigenvalue weighted by molar-refractivity contribution is 6.30. The number of hydrogen-bond acceptors (Lipinski definition) is 3. The van der Waals surface area contributed by atoms with Gasteiger partial charge in [-0.3, -0.25) is 10.2 Å². The van der Waals surface area contributed by atoms with Crippen molar-refractivity contribution in [3.8, 4) is 0 Å². The summed E-state index contributed by atoms with van der Waals surface area (Å²) in [6.45, 7) is 1.90. The second-order valence-electron chi connectivity index (χ2n) is 3.12. The molecular weight excluding hydrogens is 214 g/mol. The Morgan fingerprint density at radius 3 is 2.87 bits per heavy atom. The molecule has 0 saturated heterocycles. The van der Waals surface area contributed by atoms with Gasteiger partial charge in [0.2, 0.25) is 0 Å². The van der Waals surface area contributed by atoms with E-state index in [9.17, 15) is 4.79 Å². The molecule has 1 amide bonds. The van der Waals surface area contributed by atoms with Crippen molar-refractivity contribution in [1.82, 2.24) is 5.43 Å². The van der Waals surface area contributed by atoms with Crippen molar-refractivity contribution < 1.29 is 4.79 Å². The lowest BCUT2D eigenvalue weighted by molar-refractivity contribution is -0.121. The summed E-state index contributed by atoms with van der Waals surface area (Å²) in [5, 5.41) is 3.67. The molecule has 0 bridgehead atoms. The third-order valence-corrected chi connectivity index (χ3v) is 2.27. The SMILES string of the molecule is CCC(Nc1cccc(Cl)c1)C(=O)NN. The van der Waals surface area contributed by atoms with E-state index in [4.69, 9.17) is 17.4 Å². The maximum absolute atomic E-state index is 11.3. The molecule has 1 aromatic rings. The Balaban J connectivity index is 2.70. The molecule has 5 heteroatoms. The van der Waals surface area contributed by atoms with E-state index in [1.807, 2.05) is 19.1 Å². The van der Waals surface area contributed by atoms with E-state index >= 15 is 0 Å². The fourth-order valence-electron chi connectivity index (χ4n) is 1.23. The zero-order valence-electron chi connectivity index (χ0n) is 8.46. The number of halogens is 1. The molecule has 0 aromatic heterocycles. The summed E-state index contributed by atoms with van der Waals surface area (Å²) < 4.78 is 0. The topological polar surface area (TPSA) is 67.2 Å². The minimum atomic E-state index is -0.339. The number of benzene rings is 1. The standard InChI is InChI=1S/C10H14ClN3O/c1-2-9(10(15)14-12)13-8-5-3-4-7(11)6-8/h3-6,9,13H,2,12H2,1H3,(H,14,15). The van der Waals surface area contributed by atoms with E-state index in [1.165, 1.54) is 0 Å². The van der Waals surface area contributed by atoms with Crippen LogP contribution < -0.4 is 16.6 Å². The van der Waals surface area contributed by atoms with Crippen molar-refractivity contribution >= 4 is 23.2 Å². The van der Waals surface area contributed by atoms with Crippen LogP contribution in [0.5, 0.6) is 0 Å². The third kappa shape index (κ3) is 3.42. The normalized spacial score (nSPS) is 11.9. The summed E-state index contributed by atoms with van der Waals surface area (Å²) in [7, 11) is 0. The van der Waals surface area contributed by atoms with Crippen molar-refractivity contribution in [2.45, 2.75) is 19.4 Å². The van der Waals surface area contributed by atoms with E-state index in [-0.39, 0.29) is 11.9 Å². The Bertz CT molecular complexity index is 343. The lowest BCUT2D eigenvalue weighted by Gasteiger charge is -2.16. The van der Waals surface area contributed by atoms with Gasteiger partial charge < -0.3 is 5.32 Å². The summed E-state index contributed by atoms with van der Waals surface area (Å²) in [5.41, 5.74) is 2.92. The first-order valence-corrected chi connectivity index (χ1v) is 5.07. The molecule has 0 fully saturated rings. The van der Waals surface area contributed by atoms with Crippen LogP contribution in [0.3, 0.4) is 0 Å². The number of hydrazine groups is 1. The first-order chi connectivity index (χ1) is 7.17. The molecule has 1 unspecified atom stereocenters. The minimum Gasteiger partial charge on any atom is -0.374 e. The van der Waals surface area contributed by atoms with Crippen molar-refractivity contribution in [2.75, 3.05) is 5.32 Å². The molecule has 1 aromatic carbocycles. The number of carbonyl (C=O) groups excluding carboxylic acids is 1. The monoisotopic (exact) mass is 227 g/mol. The van der Waals surface area contributed by atoms with Gasteiger partial charge in [-0.15, -0.1) is 0 Å². The number of carbonyl (C=O) groups is 1. The highest BCUT2D eigenvalue weighted by Crippen LogP contribution is 2.16. The van der Waals surface area contributed by atoms with Crippen molar-refractivity contribution in [3.05, 3.63) is 29.3 Å². The van der Waals surface area contributed by atoms with Crippen LogP contribution in [0.4, 0.5) is 5.69 Å². The summed E-state index contributed by atoms with van der Waals surface area (Å²) >= 11 is 5.82. The Hall–Kier alpha value is -1.26. The molecule has 4 nitrogen and oxygen atoms in total. The minimum absolute atomic E-state index is 0.238. The molecule has 0 spiro atoms. The quantitative estimate of drug-likeness (QED) is 0.415. The van der Waals surface area contributed by atoms with Crippen LogP contribution in [0, 0.1) is 0 Å². The van der Waals surface area contributed by atoms with Crippen molar-refractivity contribution in [2.24, 2.45) is 5.84 Å². The predicted octanol–water partition coefficient (Wildman–Crippen LogP) is 1.52. The number of anilines is 1. The van der Waals surface area contributed by atoms with Crippen LogP contribution in [-0.4, -0.2) is 11.9 Å². The van der Waals surface area contributed by atoms with Gasteiger partial charge >= 0.3 is 0 Å². The van der Waals surface area contributed by atoms with Gasteiger partial charge in [0.15, 0.2) is 0 Å². The van der Waals surface area contributed by atoms with E-state index in [0.717, 1.165) is 5.69 Å². The molecule has 82 valence electrons. The van der Waals surface area contributed by atoms with Gasteiger partial charge in [-0.05, 0) is 24.6 Å². The lowest BCUT2D eigenvalue weighted by Crippen LogP contribution is -2.42. The molecule has 0 radical (unpaired) electrons. The van der Waals surface area contributed by atoms with Crippen LogP contribution in [0.25, 0.3) is 0 Å². The van der Waals surface area contributed by atoms with Crippen molar-refractivity contribution in [3.63, 3.8) is 0 Å². The molecule has 0 saturated carbocycles. The lowest BCUT2D eigenvalue weighted by atomic mass is 10.2. The number of nitrogens with two attached hydrogens (primary N) is 1. The smallest absolute Gasteiger partial charge is 0.256 e. The first-order valence-electron chi connectivity index (χ1n) is 4.70. The van der Waals surface area contributed by atoms with Crippen LogP contribution >= 0.6 is 11.6 Å². The summed E-state index contributed by atoms with van der Waals surface area (Å²) in [6, 6.07) is 6.86. The molecule has 0 aliphatic rings. The molecular formula is C10H14ClN3O. The van der Waals surface area contributed by atoms with Crippen LogP contribution in [0.1, 0.15) is 13.3 Å². The molecule has 4 N–H and O–H groups in total. The van der Waals surface area contributed by atoms with Crippen molar-refractivity contribution in [1.29, 1.82) is 0 Å². The maximum atomic E-state index is 11.3. The molecule has 0 aliphatic heterocycles. The van der Waals surface area contributed by atoms with E-state index in [0.29, 0.717) is 11.4 Å². The summed E-state index contributed by atoms with van der Waals surface area (Å²) in [5.74, 6) is 4.83. The number of amides is 1. The van der Waals surface area contributed by atoms with Gasteiger partial charge in [0, 0.05) is 10.7 Å². The van der Waals surface area contributed by atoms with E-state index in [2.05, 4.69) is 10.7 Å². The number of hydrogen-bond donors (Lipinski definition) is 3. The molecule has 0 aliphatic carbocycles. The fraction of sp³-hybridized carbons (Fsp3) is 0.300. The zero-order valence-corrected chi connectivity index (χ0v) is 9.21. The fourth-order valence-corrected chi connectivity index (χ4v) is 1.42. The highest BCUT2D eigenvalue weighted by atomic mass is 35.5. The molecule has 0 heterocycles. The van der Waals surface area contributed by atoms with E-state index in [1.54, 1.807) is 12.1 Å². The average molecular weight is 228 g/mol. The Kier molecular flexibility index (Phi) is 4.39. The second kappa shape index (κ2) is 5.58. The molecule has 1 atom stereocenters. The third-order valence-electron chi connectivity index (χ3n) is 2.03. The van der Waals surface area contributed by atoms with Crippen LogP contribution in [0.2, 0.25) is 5.02 Å². The maximum Gasteiger partial charge on any atom is 0.256 e. The average Bonchev–Trinajstić information content (AvgIpc) is 2.25. The molecule has 1 rings (SSSR count). The Morgan fingerprint density at radius 2 is 2.33 bits per heavy atom.